The van der Waals surface area contributed by atoms with E-state index in [1.54, 1.807) is 12.3 Å². The maximum absolute atomic E-state index is 13.0. The van der Waals surface area contributed by atoms with Gasteiger partial charge in [-0.2, -0.15) is 0 Å². The third-order valence-electron chi connectivity index (χ3n) is 2.60. The highest BCUT2D eigenvalue weighted by molar-refractivity contribution is 5.53. The maximum atomic E-state index is 13.0. The van der Waals surface area contributed by atoms with Crippen LogP contribution in [0.1, 0.15) is 11.3 Å². The van der Waals surface area contributed by atoms with E-state index in [1.165, 1.54) is 12.1 Å². The van der Waals surface area contributed by atoms with Crippen LogP contribution in [0.15, 0.2) is 41.0 Å². The molecule has 0 fully saturated rings. The van der Waals surface area contributed by atoms with Gasteiger partial charge in [-0.05, 0) is 30.3 Å². The van der Waals surface area contributed by atoms with Crippen LogP contribution in [0.4, 0.5) is 10.1 Å². The fourth-order valence-electron chi connectivity index (χ4n) is 1.77. The summed E-state index contributed by atoms with van der Waals surface area (Å²) < 4.78 is 18.3. The second-order valence-corrected chi connectivity index (χ2v) is 3.87. The summed E-state index contributed by atoms with van der Waals surface area (Å²) in [6.45, 7) is 0.390. The Hall–Kier alpha value is -1.81. The molecule has 0 aliphatic heterocycles. The molecule has 0 amide bonds. The zero-order valence-electron chi connectivity index (χ0n) is 9.56. The molecule has 90 valence electrons. The van der Waals surface area contributed by atoms with Crippen LogP contribution in [-0.4, -0.2) is 12.2 Å². The van der Waals surface area contributed by atoms with Crippen molar-refractivity contribution >= 4 is 5.69 Å². The molecule has 1 heterocycles. The van der Waals surface area contributed by atoms with E-state index >= 15 is 0 Å². The minimum absolute atomic E-state index is 0.185. The molecule has 0 aliphatic carbocycles. The number of benzene rings is 1. The molecule has 17 heavy (non-hydrogen) atoms. The predicted molar refractivity (Wildman–Crippen MR) is 63.1 cm³/mol. The third kappa shape index (κ3) is 2.65. The molecule has 3 nitrogen and oxygen atoms in total. The number of halogens is 1. The highest BCUT2D eigenvalue weighted by Crippen LogP contribution is 2.22. The molecule has 1 aromatic carbocycles. The molecule has 0 saturated carbocycles. The van der Waals surface area contributed by atoms with Gasteiger partial charge in [0.15, 0.2) is 0 Å². The number of nitrogens with zero attached hydrogens (tertiary/aromatic N) is 1. The Morgan fingerprint density at radius 3 is 2.82 bits per heavy atom. The van der Waals surface area contributed by atoms with Crippen molar-refractivity contribution in [2.45, 2.75) is 13.2 Å². The first kappa shape index (κ1) is 11.7. The molecular formula is C13H14FNO2. The molecule has 2 aromatic rings. The number of furan rings is 1. The molecule has 0 bridgehead atoms. The Balaban J connectivity index is 2.21. The van der Waals surface area contributed by atoms with Crippen molar-refractivity contribution in [3.63, 3.8) is 0 Å². The van der Waals surface area contributed by atoms with E-state index < -0.39 is 0 Å². The number of rotatable bonds is 4. The highest BCUT2D eigenvalue weighted by Gasteiger charge is 2.09. The van der Waals surface area contributed by atoms with Crippen LogP contribution < -0.4 is 4.90 Å². The van der Waals surface area contributed by atoms with Gasteiger partial charge in [0.2, 0.25) is 0 Å². The first-order chi connectivity index (χ1) is 8.20. The molecule has 1 N–H and O–H groups in total. The van der Waals surface area contributed by atoms with Gasteiger partial charge >= 0.3 is 0 Å². The monoisotopic (exact) mass is 235 g/mol. The summed E-state index contributed by atoms with van der Waals surface area (Å²) in [7, 11) is 1.87. The Bertz CT molecular complexity index is 482. The van der Waals surface area contributed by atoms with Crippen molar-refractivity contribution in [3.05, 3.63) is 53.7 Å². The average Bonchev–Trinajstić information content (AvgIpc) is 2.81. The van der Waals surface area contributed by atoms with Crippen molar-refractivity contribution in [2.75, 3.05) is 11.9 Å². The molecule has 0 saturated heterocycles. The summed E-state index contributed by atoms with van der Waals surface area (Å²) in [5.74, 6) is 0.477. The average molecular weight is 235 g/mol. The van der Waals surface area contributed by atoms with E-state index in [-0.39, 0.29) is 12.4 Å². The molecule has 0 atom stereocenters. The topological polar surface area (TPSA) is 36.6 Å². The first-order valence-corrected chi connectivity index (χ1v) is 5.33. The zero-order valence-corrected chi connectivity index (χ0v) is 9.56. The van der Waals surface area contributed by atoms with E-state index in [2.05, 4.69) is 0 Å². The zero-order chi connectivity index (χ0) is 12.3. The summed E-state index contributed by atoms with van der Waals surface area (Å²) >= 11 is 0. The van der Waals surface area contributed by atoms with Crippen molar-refractivity contribution in [3.8, 4) is 0 Å². The van der Waals surface area contributed by atoms with Crippen LogP contribution in [-0.2, 0) is 13.2 Å². The number of hydrogen-bond donors (Lipinski definition) is 1. The van der Waals surface area contributed by atoms with Gasteiger partial charge < -0.3 is 14.4 Å². The van der Waals surface area contributed by atoms with Gasteiger partial charge in [-0.25, -0.2) is 4.39 Å². The minimum atomic E-state index is -0.343. The van der Waals surface area contributed by atoms with E-state index in [9.17, 15) is 9.50 Å². The number of anilines is 1. The van der Waals surface area contributed by atoms with E-state index in [0.717, 1.165) is 11.4 Å². The number of aliphatic hydroxyl groups excluding tert-OH is 1. The molecule has 0 unspecified atom stereocenters. The fourth-order valence-corrected chi connectivity index (χ4v) is 1.77. The second kappa shape index (κ2) is 5.01. The summed E-state index contributed by atoms with van der Waals surface area (Å²) in [4.78, 5) is 1.91. The van der Waals surface area contributed by atoms with Crippen LogP contribution in [0.2, 0.25) is 0 Å². The first-order valence-electron chi connectivity index (χ1n) is 5.33. The van der Waals surface area contributed by atoms with Crippen molar-refractivity contribution < 1.29 is 13.9 Å². The van der Waals surface area contributed by atoms with Gasteiger partial charge in [0.05, 0.1) is 19.4 Å². The lowest BCUT2D eigenvalue weighted by atomic mass is 10.1. The second-order valence-electron chi connectivity index (χ2n) is 3.87. The maximum Gasteiger partial charge on any atom is 0.123 e. The molecular weight excluding hydrogens is 221 g/mol. The largest absolute Gasteiger partial charge is 0.467 e. The van der Waals surface area contributed by atoms with Crippen molar-refractivity contribution in [2.24, 2.45) is 0 Å². The molecule has 0 radical (unpaired) electrons. The Morgan fingerprint density at radius 1 is 1.35 bits per heavy atom. The Morgan fingerprint density at radius 2 is 2.18 bits per heavy atom. The number of aliphatic hydroxyl groups is 1. The van der Waals surface area contributed by atoms with Gasteiger partial charge in [-0.15, -0.1) is 0 Å². The molecule has 1 aromatic heterocycles. The van der Waals surface area contributed by atoms with Crippen LogP contribution in [0.5, 0.6) is 0 Å². The van der Waals surface area contributed by atoms with Gasteiger partial charge in [0.25, 0.3) is 0 Å². The van der Waals surface area contributed by atoms with E-state index in [4.69, 9.17) is 4.42 Å². The van der Waals surface area contributed by atoms with Crippen LogP contribution in [0.25, 0.3) is 0 Å². The Kier molecular flexibility index (Phi) is 3.44. The summed E-state index contributed by atoms with van der Waals surface area (Å²) in [6, 6.07) is 8.07. The third-order valence-corrected chi connectivity index (χ3v) is 2.60. The standard InChI is InChI=1S/C13H14FNO2/c1-15(8-12-3-2-6-17-12)13-5-4-11(14)7-10(13)9-16/h2-7,16H,8-9H2,1H3. The quantitative estimate of drug-likeness (QED) is 0.884. The lowest BCUT2D eigenvalue weighted by Crippen LogP contribution is -2.17. The molecule has 0 aliphatic rings. The lowest BCUT2D eigenvalue weighted by molar-refractivity contribution is 0.281. The lowest BCUT2D eigenvalue weighted by Gasteiger charge is -2.20. The number of hydrogen-bond acceptors (Lipinski definition) is 3. The minimum Gasteiger partial charge on any atom is -0.467 e. The van der Waals surface area contributed by atoms with Gasteiger partial charge in [-0.1, -0.05) is 0 Å². The van der Waals surface area contributed by atoms with E-state index in [0.29, 0.717) is 12.1 Å². The van der Waals surface area contributed by atoms with Crippen LogP contribution in [0.3, 0.4) is 0 Å². The molecule has 0 spiro atoms. The SMILES string of the molecule is CN(Cc1ccco1)c1ccc(F)cc1CO. The normalized spacial score (nSPS) is 10.5. The smallest absolute Gasteiger partial charge is 0.123 e. The van der Waals surface area contributed by atoms with Crippen LogP contribution in [0, 0.1) is 5.82 Å². The summed E-state index contributed by atoms with van der Waals surface area (Å²) in [5.41, 5.74) is 1.37. The van der Waals surface area contributed by atoms with Crippen molar-refractivity contribution in [1.82, 2.24) is 0 Å². The van der Waals surface area contributed by atoms with Gasteiger partial charge in [0.1, 0.15) is 11.6 Å². The highest BCUT2D eigenvalue weighted by atomic mass is 19.1. The molecule has 4 heteroatoms. The van der Waals surface area contributed by atoms with Gasteiger partial charge in [0, 0.05) is 18.3 Å². The summed E-state index contributed by atoms with van der Waals surface area (Å²) in [5, 5.41) is 9.20. The van der Waals surface area contributed by atoms with Crippen LogP contribution >= 0.6 is 0 Å². The predicted octanol–water partition coefficient (Wildman–Crippen LogP) is 2.55. The van der Waals surface area contributed by atoms with Crippen molar-refractivity contribution in [1.29, 1.82) is 0 Å². The molecule has 2 rings (SSSR count). The summed E-state index contributed by atoms with van der Waals surface area (Å²) in [6.07, 6.45) is 1.61. The van der Waals surface area contributed by atoms with Gasteiger partial charge in [-0.3, -0.25) is 0 Å². The Labute approximate surface area is 99.1 Å². The fraction of sp³-hybridized carbons (Fsp3) is 0.231. The van der Waals surface area contributed by atoms with E-state index in [1.807, 2.05) is 24.1 Å².